The fourth-order valence-corrected chi connectivity index (χ4v) is 3.96. The Bertz CT molecular complexity index is 303. The molecule has 2 fully saturated rings. The first-order valence-corrected chi connectivity index (χ1v) is 9.43. The van der Waals surface area contributed by atoms with E-state index in [-0.39, 0.29) is 0 Å². The van der Waals surface area contributed by atoms with Crippen molar-refractivity contribution in [3.8, 4) is 0 Å². The molecule has 0 aromatic rings. The minimum Gasteiger partial charge on any atom is -0.311 e. The van der Waals surface area contributed by atoms with E-state index in [9.17, 15) is 0 Å². The predicted molar refractivity (Wildman–Crippen MR) is 92.6 cm³/mol. The average molecular weight is 295 g/mol. The van der Waals surface area contributed by atoms with E-state index < -0.39 is 0 Å². The second-order valence-corrected chi connectivity index (χ2v) is 8.60. The van der Waals surface area contributed by atoms with Crippen LogP contribution in [0.15, 0.2) is 0 Å². The van der Waals surface area contributed by atoms with Gasteiger partial charge in [-0.25, -0.2) is 0 Å². The third-order valence-electron chi connectivity index (χ3n) is 5.67. The molecule has 2 nitrogen and oxygen atoms in total. The van der Waals surface area contributed by atoms with Crippen LogP contribution >= 0.6 is 0 Å². The van der Waals surface area contributed by atoms with Crippen LogP contribution in [-0.4, -0.2) is 36.6 Å². The van der Waals surface area contributed by atoms with Crippen molar-refractivity contribution in [3.05, 3.63) is 0 Å². The summed E-state index contributed by atoms with van der Waals surface area (Å²) < 4.78 is 0. The molecule has 1 aliphatic heterocycles. The lowest BCUT2D eigenvalue weighted by atomic mass is 9.82. The van der Waals surface area contributed by atoms with E-state index in [1.54, 1.807) is 0 Å². The standard InChI is InChI=1S/C19H38N2/c1-6-8-9-15(7-2)13-21-14-17(16-10-11-16)20-12-18(21)19(3,4)5/h15-18,20H,6-14H2,1-5H3. The molecule has 124 valence electrons. The van der Waals surface area contributed by atoms with Gasteiger partial charge in [-0.15, -0.1) is 0 Å². The smallest absolute Gasteiger partial charge is 0.0269 e. The lowest BCUT2D eigenvalue weighted by Crippen LogP contribution is -2.61. The molecule has 1 heterocycles. The molecule has 21 heavy (non-hydrogen) atoms. The van der Waals surface area contributed by atoms with Crippen LogP contribution < -0.4 is 5.32 Å². The molecule has 2 rings (SSSR count). The molecule has 3 unspecified atom stereocenters. The van der Waals surface area contributed by atoms with Crippen LogP contribution in [0.1, 0.15) is 73.1 Å². The Morgan fingerprint density at radius 2 is 1.90 bits per heavy atom. The van der Waals surface area contributed by atoms with Crippen molar-refractivity contribution in [1.82, 2.24) is 10.2 Å². The van der Waals surface area contributed by atoms with E-state index in [2.05, 4.69) is 44.8 Å². The van der Waals surface area contributed by atoms with Crippen LogP contribution in [0.25, 0.3) is 0 Å². The summed E-state index contributed by atoms with van der Waals surface area (Å²) in [6.45, 7) is 15.7. The van der Waals surface area contributed by atoms with Gasteiger partial charge in [0, 0.05) is 31.7 Å². The van der Waals surface area contributed by atoms with Crippen molar-refractivity contribution >= 4 is 0 Å². The predicted octanol–water partition coefficient (Wildman–Crippen LogP) is 4.30. The lowest BCUT2D eigenvalue weighted by Gasteiger charge is -2.47. The Morgan fingerprint density at radius 3 is 2.43 bits per heavy atom. The van der Waals surface area contributed by atoms with Crippen LogP contribution in [0.2, 0.25) is 0 Å². The van der Waals surface area contributed by atoms with E-state index in [0.29, 0.717) is 11.5 Å². The van der Waals surface area contributed by atoms with E-state index in [0.717, 1.165) is 17.9 Å². The van der Waals surface area contributed by atoms with E-state index in [1.165, 1.54) is 58.2 Å². The van der Waals surface area contributed by atoms with Gasteiger partial charge >= 0.3 is 0 Å². The molecule has 2 aliphatic rings. The van der Waals surface area contributed by atoms with Crippen molar-refractivity contribution < 1.29 is 0 Å². The topological polar surface area (TPSA) is 15.3 Å². The van der Waals surface area contributed by atoms with Gasteiger partial charge in [-0.2, -0.15) is 0 Å². The third-order valence-corrected chi connectivity index (χ3v) is 5.67. The molecule has 0 spiro atoms. The van der Waals surface area contributed by atoms with Crippen molar-refractivity contribution in [2.45, 2.75) is 85.2 Å². The number of nitrogens with zero attached hydrogens (tertiary/aromatic N) is 1. The first-order chi connectivity index (χ1) is 9.95. The molecular formula is C19H38N2. The second kappa shape index (κ2) is 7.46. The van der Waals surface area contributed by atoms with Crippen LogP contribution in [0, 0.1) is 17.3 Å². The molecule has 2 heteroatoms. The van der Waals surface area contributed by atoms with Crippen molar-refractivity contribution in [2.75, 3.05) is 19.6 Å². The Balaban J connectivity index is 1.97. The zero-order valence-corrected chi connectivity index (χ0v) is 15.1. The van der Waals surface area contributed by atoms with Gasteiger partial charge in [0.05, 0.1) is 0 Å². The molecular weight excluding hydrogens is 256 g/mol. The molecule has 0 aromatic heterocycles. The fourth-order valence-electron chi connectivity index (χ4n) is 3.96. The maximum absolute atomic E-state index is 3.86. The van der Waals surface area contributed by atoms with Gasteiger partial charge in [-0.3, -0.25) is 4.90 Å². The number of piperazine rings is 1. The zero-order valence-electron chi connectivity index (χ0n) is 15.1. The number of nitrogens with one attached hydrogen (secondary N) is 1. The van der Waals surface area contributed by atoms with E-state index in [1.807, 2.05) is 0 Å². The van der Waals surface area contributed by atoms with Crippen molar-refractivity contribution in [3.63, 3.8) is 0 Å². The highest BCUT2D eigenvalue weighted by atomic mass is 15.2. The molecule has 1 saturated heterocycles. The zero-order chi connectivity index (χ0) is 15.5. The first-order valence-electron chi connectivity index (χ1n) is 9.43. The molecule has 1 saturated carbocycles. The summed E-state index contributed by atoms with van der Waals surface area (Å²) in [4.78, 5) is 2.85. The first kappa shape index (κ1) is 17.3. The van der Waals surface area contributed by atoms with Gasteiger partial charge in [0.1, 0.15) is 0 Å². The molecule has 1 N–H and O–H groups in total. The highest BCUT2D eigenvalue weighted by molar-refractivity contribution is 4.98. The minimum atomic E-state index is 0.380. The van der Waals surface area contributed by atoms with E-state index in [4.69, 9.17) is 0 Å². The quantitative estimate of drug-likeness (QED) is 0.753. The van der Waals surface area contributed by atoms with Gasteiger partial charge in [0.15, 0.2) is 0 Å². The summed E-state index contributed by atoms with van der Waals surface area (Å²) in [7, 11) is 0. The maximum atomic E-state index is 3.86. The largest absolute Gasteiger partial charge is 0.311 e. The Hall–Kier alpha value is -0.0800. The summed E-state index contributed by atoms with van der Waals surface area (Å²) >= 11 is 0. The summed E-state index contributed by atoms with van der Waals surface area (Å²) in [5, 5.41) is 3.86. The molecule has 3 atom stereocenters. The van der Waals surface area contributed by atoms with Crippen LogP contribution in [0.4, 0.5) is 0 Å². The average Bonchev–Trinajstić information content (AvgIpc) is 3.26. The van der Waals surface area contributed by atoms with Gasteiger partial charge in [-0.1, -0.05) is 53.9 Å². The van der Waals surface area contributed by atoms with Gasteiger partial charge in [0.25, 0.3) is 0 Å². The van der Waals surface area contributed by atoms with Crippen molar-refractivity contribution in [2.24, 2.45) is 17.3 Å². The Labute approximate surface area is 133 Å². The Morgan fingerprint density at radius 1 is 1.19 bits per heavy atom. The molecule has 0 amide bonds. The van der Waals surface area contributed by atoms with Gasteiger partial charge in [0.2, 0.25) is 0 Å². The molecule has 1 aliphatic carbocycles. The number of unbranched alkanes of at least 4 members (excludes halogenated alkanes) is 1. The Kier molecular flexibility index (Phi) is 6.14. The highest BCUT2D eigenvalue weighted by Gasteiger charge is 2.40. The summed E-state index contributed by atoms with van der Waals surface area (Å²) in [5.41, 5.74) is 0.380. The second-order valence-electron chi connectivity index (χ2n) is 8.60. The maximum Gasteiger partial charge on any atom is 0.0269 e. The van der Waals surface area contributed by atoms with Crippen molar-refractivity contribution in [1.29, 1.82) is 0 Å². The lowest BCUT2D eigenvalue weighted by molar-refractivity contribution is 0.0368. The monoisotopic (exact) mass is 294 g/mol. The van der Waals surface area contributed by atoms with Gasteiger partial charge < -0.3 is 5.32 Å². The minimum absolute atomic E-state index is 0.380. The SMILES string of the molecule is CCCCC(CC)CN1CC(C2CC2)NCC1C(C)(C)C. The highest BCUT2D eigenvalue weighted by Crippen LogP contribution is 2.36. The van der Waals surface area contributed by atoms with Crippen LogP contribution in [0.3, 0.4) is 0 Å². The molecule has 0 aromatic carbocycles. The number of hydrogen-bond donors (Lipinski definition) is 1. The fraction of sp³-hybridized carbons (Fsp3) is 1.00. The summed E-state index contributed by atoms with van der Waals surface area (Å²) in [6.07, 6.45) is 8.41. The van der Waals surface area contributed by atoms with Gasteiger partial charge in [-0.05, 0) is 36.5 Å². The summed E-state index contributed by atoms with van der Waals surface area (Å²) in [5.74, 6) is 1.87. The summed E-state index contributed by atoms with van der Waals surface area (Å²) in [6, 6.07) is 1.47. The number of rotatable bonds is 7. The normalized spacial score (nSPS) is 29.6. The molecule has 0 bridgehead atoms. The third kappa shape index (κ3) is 4.96. The van der Waals surface area contributed by atoms with Crippen LogP contribution in [-0.2, 0) is 0 Å². The number of hydrogen-bond acceptors (Lipinski definition) is 2. The molecule has 0 radical (unpaired) electrons. The van der Waals surface area contributed by atoms with E-state index >= 15 is 0 Å². The van der Waals surface area contributed by atoms with Crippen LogP contribution in [0.5, 0.6) is 0 Å².